The Hall–Kier alpha value is -3.47. The van der Waals surface area contributed by atoms with Gasteiger partial charge < -0.3 is 9.73 Å². The van der Waals surface area contributed by atoms with Crippen LogP contribution in [-0.2, 0) is 0 Å². The number of benzene rings is 2. The fourth-order valence-electron chi connectivity index (χ4n) is 2.56. The second kappa shape index (κ2) is 5.62. The molecule has 24 heavy (non-hydrogen) atoms. The Morgan fingerprint density at radius 3 is 2.58 bits per heavy atom. The maximum Gasteiger partial charge on any atom is 0.349 e. The molecule has 5 heteroatoms. The lowest BCUT2D eigenvalue weighted by Crippen LogP contribution is -2.20. The van der Waals surface area contributed by atoms with Gasteiger partial charge in [0, 0.05) is 10.8 Å². The molecule has 0 aliphatic heterocycles. The maximum absolute atomic E-state index is 12.4. The summed E-state index contributed by atoms with van der Waals surface area (Å²) in [7, 11) is 0. The first-order chi connectivity index (χ1) is 11.7. The summed E-state index contributed by atoms with van der Waals surface area (Å²) < 4.78 is 5.19. The van der Waals surface area contributed by atoms with E-state index in [4.69, 9.17) is 4.42 Å². The van der Waals surface area contributed by atoms with Crippen molar-refractivity contribution in [3.8, 4) is 0 Å². The van der Waals surface area contributed by atoms with Gasteiger partial charge in [0.2, 0.25) is 0 Å². The van der Waals surface area contributed by atoms with Crippen molar-refractivity contribution in [3.05, 3.63) is 82.8 Å². The SMILES string of the molecule is O=C(Nc1cnc2ccccc2c1)c1cc2ccccc2oc1=O. The van der Waals surface area contributed by atoms with Crippen molar-refractivity contribution in [1.29, 1.82) is 0 Å². The molecule has 2 aromatic heterocycles. The van der Waals surface area contributed by atoms with Crippen LogP contribution in [0.1, 0.15) is 10.4 Å². The van der Waals surface area contributed by atoms with Crippen LogP contribution in [0.2, 0.25) is 0 Å². The third-order valence-corrected chi connectivity index (χ3v) is 3.73. The molecule has 0 spiro atoms. The number of carbonyl (C=O) groups excluding carboxylic acids is 1. The molecule has 0 aliphatic carbocycles. The number of nitrogens with zero attached hydrogens (tertiary/aromatic N) is 1. The summed E-state index contributed by atoms with van der Waals surface area (Å²) in [6.45, 7) is 0. The van der Waals surface area contributed by atoms with Gasteiger partial charge in [-0.3, -0.25) is 9.78 Å². The Labute approximate surface area is 136 Å². The molecule has 116 valence electrons. The molecule has 2 heterocycles. The van der Waals surface area contributed by atoms with Crippen LogP contribution in [0.15, 0.2) is 76.1 Å². The topological polar surface area (TPSA) is 72.2 Å². The number of amides is 1. The van der Waals surface area contributed by atoms with Crippen molar-refractivity contribution in [2.45, 2.75) is 0 Å². The first-order valence-corrected chi connectivity index (χ1v) is 7.40. The van der Waals surface area contributed by atoms with Crippen LogP contribution in [0.25, 0.3) is 21.9 Å². The fraction of sp³-hybridized carbons (Fsp3) is 0. The van der Waals surface area contributed by atoms with Crippen LogP contribution in [0, 0.1) is 0 Å². The van der Waals surface area contributed by atoms with Gasteiger partial charge in [-0.2, -0.15) is 0 Å². The molecule has 4 rings (SSSR count). The molecule has 0 radical (unpaired) electrons. The molecule has 0 unspecified atom stereocenters. The van der Waals surface area contributed by atoms with Crippen LogP contribution >= 0.6 is 0 Å². The smallest absolute Gasteiger partial charge is 0.349 e. The highest BCUT2D eigenvalue weighted by molar-refractivity contribution is 6.06. The normalized spacial score (nSPS) is 10.8. The minimum atomic E-state index is -0.667. The van der Waals surface area contributed by atoms with Crippen LogP contribution in [0.5, 0.6) is 0 Å². The van der Waals surface area contributed by atoms with Crippen LogP contribution in [0.4, 0.5) is 5.69 Å². The molecular formula is C19H12N2O3. The molecule has 0 atom stereocenters. The quantitative estimate of drug-likeness (QED) is 0.574. The number of para-hydroxylation sites is 2. The van der Waals surface area contributed by atoms with Gasteiger partial charge in [-0.15, -0.1) is 0 Å². The second-order valence-electron chi connectivity index (χ2n) is 5.36. The fourth-order valence-corrected chi connectivity index (χ4v) is 2.56. The number of pyridine rings is 1. The van der Waals surface area contributed by atoms with E-state index in [1.807, 2.05) is 36.4 Å². The molecule has 0 saturated carbocycles. The van der Waals surface area contributed by atoms with E-state index in [-0.39, 0.29) is 5.56 Å². The minimum Gasteiger partial charge on any atom is -0.422 e. The van der Waals surface area contributed by atoms with Gasteiger partial charge in [-0.1, -0.05) is 36.4 Å². The number of fused-ring (bicyclic) bond motifs is 2. The summed E-state index contributed by atoms with van der Waals surface area (Å²) in [6, 6.07) is 18.0. The van der Waals surface area contributed by atoms with E-state index in [1.165, 1.54) is 6.07 Å². The number of hydrogen-bond donors (Lipinski definition) is 1. The monoisotopic (exact) mass is 316 g/mol. The molecule has 1 amide bonds. The molecule has 4 aromatic rings. The zero-order valence-electron chi connectivity index (χ0n) is 12.5. The number of rotatable bonds is 2. The Balaban J connectivity index is 1.70. The van der Waals surface area contributed by atoms with Crippen molar-refractivity contribution < 1.29 is 9.21 Å². The van der Waals surface area contributed by atoms with Gasteiger partial charge in [0.25, 0.3) is 5.91 Å². The Morgan fingerprint density at radius 2 is 1.71 bits per heavy atom. The molecule has 0 bridgehead atoms. The van der Waals surface area contributed by atoms with E-state index in [1.54, 1.807) is 24.4 Å². The minimum absolute atomic E-state index is 0.0399. The highest BCUT2D eigenvalue weighted by Crippen LogP contribution is 2.17. The molecule has 0 saturated heterocycles. The van der Waals surface area contributed by atoms with Crippen molar-refractivity contribution in [2.75, 3.05) is 5.32 Å². The first-order valence-electron chi connectivity index (χ1n) is 7.40. The van der Waals surface area contributed by atoms with Crippen molar-refractivity contribution >= 4 is 33.5 Å². The van der Waals surface area contributed by atoms with Crippen LogP contribution in [0.3, 0.4) is 0 Å². The summed E-state index contributed by atoms with van der Waals surface area (Å²) in [5.41, 5.74) is 1.10. The average Bonchev–Trinajstić information content (AvgIpc) is 2.61. The van der Waals surface area contributed by atoms with Gasteiger partial charge >= 0.3 is 5.63 Å². The molecular weight excluding hydrogens is 304 g/mol. The average molecular weight is 316 g/mol. The Bertz CT molecular complexity index is 1130. The van der Waals surface area contributed by atoms with Crippen LogP contribution in [-0.4, -0.2) is 10.9 Å². The lowest BCUT2D eigenvalue weighted by atomic mass is 10.1. The summed E-state index contributed by atoms with van der Waals surface area (Å²) >= 11 is 0. The van der Waals surface area contributed by atoms with E-state index in [9.17, 15) is 9.59 Å². The third kappa shape index (κ3) is 2.52. The predicted octanol–water partition coefficient (Wildman–Crippen LogP) is 3.59. The summed E-state index contributed by atoms with van der Waals surface area (Å²) in [5, 5.41) is 4.29. The number of nitrogens with one attached hydrogen (secondary N) is 1. The van der Waals surface area contributed by atoms with Gasteiger partial charge in [0.1, 0.15) is 11.1 Å². The summed E-state index contributed by atoms with van der Waals surface area (Å²) in [5.74, 6) is -0.522. The molecule has 0 fully saturated rings. The predicted molar refractivity (Wildman–Crippen MR) is 92.2 cm³/mol. The zero-order chi connectivity index (χ0) is 16.5. The Morgan fingerprint density at radius 1 is 0.958 bits per heavy atom. The molecule has 5 nitrogen and oxygen atoms in total. The first kappa shape index (κ1) is 14.1. The third-order valence-electron chi connectivity index (χ3n) is 3.73. The van der Waals surface area contributed by atoms with Crippen molar-refractivity contribution in [2.24, 2.45) is 0 Å². The van der Waals surface area contributed by atoms with E-state index in [0.717, 1.165) is 10.9 Å². The zero-order valence-corrected chi connectivity index (χ0v) is 12.5. The van der Waals surface area contributed by atoms with E-state index in [0.29, 0.717) is 16.7 Å². The van der Waals surface area contributed by atoms with Crippen LogP contribution < -0.4 is 10.9 Å². The number of aromatic nitrogens is 1. The highest BCUT2D eigenvalue weighted by Gasteiger charge is 2.14. The maximum atomic E-state index is 12.4. The van der Waals surface area contributed by atoms with Crippen molar-refractivity contribution in [1.82, 2.24) is 4.98 Å². The lowest BCUT2D eigenvalue weighted by Gasteiger charge is -2.06. The number of hydrogen-bond acceptors (Lipinski definition) is 4. The summed E-state index contributed by atoms with van der Waals surface area (Å²) in [6.07, 6.45) is 1.56. The van der Waals surface area contributed by atoms with Gasteiger partial charge in [0.05, 0.1) is 17.4 Å². The number of anilines is 1. The van der Waals surface area contributed by atoms with Crippen molar-refractivity contribution in [3.63, 3.8) is 0 Å². The second-order valence-corrected chi connectivity index (χ2v) is 5.36. The lowest BCUT2D eigenvalue weighted by molar-refractivity contribution is 0.102. The molecule has 2 aromatic carbocycles. The van der Waals surface area contributed by atoms with E-state index >= 15 is 0 Å². The Kier molecular flexibility index (Phi) is 3.31. The standard InChI is InChI=1S/C19H12N2O3/c22-18(15-10-13-6-2-4-8-17(13)24-19(15)23)21-14-9-12-5-1-3-7-16(12)20-11-14/h1-11H,(H,21,22). The highest BCUT2D eigenvalue weighted by atomic mass is 16.4. The molecule has 1 N–H and O–H groups in total. The largest absolute Gasteiger partial charge is 0.422 e. The van der Waals surface area contributed by atoms with Gasteiger partial charge in [0.15, 0.2) is 0 Å². The van der Waals surface area contributed by atoms with E-state index < -0.39 is 11.5 Å². The summed E-state index contributed by atoms with van der Waals surface area (Å²) in [4.78, 5) is 28.7. The number of carbonyl (C=O) groups is 1. The van der Waals surface area contributed by atoms with Gasteiger partial charge in [-0.05, 0) is 24.3 Å². The van der Waals surface area contributed by atoms with Gasteiger partial charge in [-0.25, -0.2) is 4.79 Å². The van der Waals surface area contributed by atoms with E-state index in [2.05, 4.69) is 10.3 Å². The molecule has 0 aliphatic rings.